The van der Waals surface area contributed by atoms with E-state index in [1.165, 1.54) is 0 Å². The molecule has 86 valence electrons. The van der Waals surface area contributed by atoms with Crippen molar-refractivity contribution >= 4 is 5.97 Å². The third-order valence-corrected chi connectivity index (χ3v) is 2.50. The molecule has 2 unspecified atom stereocenters. The average molecular weight is 218 g/mol. The normalized spacial score (nSPS) is 40.0. The zero-order valence-corrected chi connectivity index (χ0v) is 8.54. The minimum absolute atomic E-state index is 0.481. The number of hydrogen-bond donors (Lipinski definition) is 2. The summed E-state index contributed by atoms with van der Waals surface area (Å²) in [6, 6.07) is 0. The number of carbonyl (C=O) groups is 1. The molecule has 0 spiro atoms. The number of fused-ring (bicyclic) bond motifs is 1. The topological polar surface area (TPSA) is 85.2 Å². The van der Waals surface area contributed by atoms with E-state index in [-0.39, 0.29) is 0 Å². The van der Waals surface area contributed by atoms with Crippen molar-refractivity contribution in [1.29, 1.82) is 0 Å². The summed E-state index contributed by atoms with van der Waals surface area (Å²) in [5.74, 6) is -1.41. The first-order valence-electron chi connectivity index (χ1n) is 4.79. The zero-order valence-electron chi connectivity index (χ0n) is 8.54. The van der Waals surface area contributed by atoms with Crippen LogP contribution in [0.15, 0.2) is 0 Å². The van der Waals surface area contributed by atoms with Gasteiger partial charge in [0.25, 0.3) is 0 Å². The molecule has 2 rings (SSSR count). The second-order valence-electron chi connectivity index (χ2n) is 4.17. The molecule has 2 fully saturated rings. The maximum absolute atomic E-state index is 11.4. The third-order valence-electron chi connectivity index (χ3n) is 2.50. The van der Waals surface area contributed by atoms with Crippen molar-refractivity contribution in [3.05, 3.63) is 0 Å². The molecule has 0 aromatic heterocycles. The molecule has 2 aliphatic rings. The number of aliphatic hydroxyl groups is 2. The van der Waals surface area contributed by atoms with E-state index in [2.05, 4.69) is 0 Å². The van der Waals surface area contributed by atoms with Crippen molar-refractivity contribution < 1.29 is 29.2 Å². The van der Waals surface area contributed by atoms with Gasteiger partial charge in [0, 0.05) is 0 Å². The van der Waals surface area contributed by atoms with Crippen LogP contribution < -0.4 is 0 Å². The largest absolute Gasteiger partial charge is 0.455 e. The molecule has 0 amide bonds. The highest BCUT2D eigenvalue weighted by atomic mass is 16.8. The molecule has 0 aromatic rings. The molecule has 6 heteroatoms. The van der Waals surface area contributed by atoms with Crippen molar-refractivity contribution in [3.63, 3.8) is 0 Å². The number of cyclic esters (lactones) is 1. The summed E-state index contributed by atoms with van der Waals surface area (Å²) in [6.45, 7) is 2.88. The fourth-order valence-electron chi connectivity index (χ4n) is 1.88. The van der Waals surface area contributed by atoms with Crippen LogP contribution in [-0.4, -0.2) is 53.0 Å². The number of rotatable bonds is 2. The fourth-order valence-corrected chi connectivity index (χ4v) is 1.88. The van der Waals surface area contributed by atoms with Crippen molar-refractivity contribution in [2.45, 2.75) is 44.1 Å². The van der Waals surface area contributed by atoms with E-state index >= 15 is 0 Å². The van der Waals surface area contributed by atoms with Crippen LogP contribution in [0.4, 0.5) is 0 Å². The molecular weight excluding hydrogens is 204 g/mol. The van der Waals surface area contributed by atoms with Gasteiger partial charge in [0.15, 0.2) is 18.0 Å². The Morgan fingerprint density at radius 1 is 1.47 bits per heavy atom. The Balaban J connectivity index is 2.16. The number of esters is 1. The van der Waals surface area contributed by atoms with E-state index in [0.29, 0.717) is 0 Å². The molecule has 2 heterocycles. The molecule has 6 nitrogen and oxygen atoms in total. The van der Waals surface area contributed by atoms with Crippen LogP contribution >= 0.6 is 0 Å². The third kappa shape index (κ3) is 1.74. The van der Waals surface area contributed by atoms with Gasteiger partial charge in [-0.1, -0.05) is 0 Å². The van der Waals surface area contributed by atoms with Gasteiger partial charge in [0.2, 0.25) is 0 Å². The number of ether oxygens (including phenoxy) is 3. The van der Waals surface area contributed by atoms with Crippen LogP contribution in [0.1, 0.15) is 13.8 Å². The second kappa shape index (κ2) is 3.41. The fraction of sp³-hybridized carbons (Fsp3) is 0.889. The van der Waals surface area contributed by atoms with Crippen LogP contribution in [0.3, 0.4) is 0 Å². The standard InChI is InChI=1S/C9H14O6/c1-9(2)14-6-5(4(11)3-10)13-8(12)7(6)15-9/h4-7,10-11H,3H2,1-2H3/t4?,5?,6-,7-/m1/s1. The van der Waals surface area contributed by atoms with Gasteiger partial charge in [-0.25, -0.2) is 4.79 Å². The predicted octanol–water partition coefficient (Wildman–Crippen LogP) is -1.21. The first-order valence-corrected chi connectivity index (χ1v) is 4.79. The predicted molar refractivity (Wildman–Crippen MR) is 46.8 cm³/mol. The first kappa shape index (κ1) is 10.8. The molecule has 0 aliphatic carbocycles. The molecule has 2 N–H and O–H groups in total. The first-order chi connectivity index (χ1) is 6.94. The summed E-state index contributed by atoms with van der Waals surface area (Å²) in [5.41, 5.74) is 0. The molecule has 15 heavy (non-hydrogen) atoms. The van der Waals surface area contributed by atoms with Crippen LogP contribution in [-0.2, 0) is 19.0 Å². The highest BCUT2D eigenvalue weighted by Crippen LogP contribution is 2.36. The molecule has 4 atom stereocenters. The van der Waals surface area contributed by atoms with E-state index < -0.39 is 42.8 Å². The lowest BCUT2D eigenvalue weighted by Gasteiger charge is -2.23. The van der Waals surface area contributed by atoms with E-state index in [1.54, 1.807) is 13.8 Å². The highest BCUT2D eigenvalue weighted by Gasteiger charge is 2.57. The molecule has 0 radical (unpaired) electrons. The zero-order chi connectivity index (χ0) is 11.2. The average Bonchev–Trinajstić information content (AvgIpc) is 2.61. The van der Waals surface area contributed by atoms with Gasteiger partial charge in [-0.3, -0.25) is 0 Å². The van der Waals surface area contributed by atoms with Crippen LogP contribution in [0.2, 0.25) is 0 Å². The van der Waals surface area contributed by atoms with Gasteiger partial charge < -0.3 is 24.4 Å². The number of aliphatic hydroxyl groups excluding tert-OH is 2. The Morgan fingerprint density at radius 3 is 2.73 bits per heavy atom. The highest BCUT2D eigenvalue weighted by molar-refractivity contribution is 5.78. The summed E-state index contributed by atoms with van der Waals surface area (Å²) >= 11 is 0. The second-order valence-corrected chi connectivity index (χ2v) is 4.17. The summed E-state index contributed by atoms with van der Waals surface area (Å²) in [7, 11) is 0. The lowest BCUT2D eigenvalue weighted by molar-refractivity contribution is -0.195. The van der Waals surface area contributed by atoms with Gasteiger partial charge >= 0.3 is 5.97 Å². The molecule has 2 aliphatic heterocycles. The Bertz CT molecular complexity index is 276. The smallest absolute Gasteiger partial charge is 0.338 e. The van der Waals surface area contributed by atoms with Gasteiger partial charge in [-0.2, -0.15) is 0 Å². The van der Waals surface area contributed by atoms with Gasteiger partial charge in [-0.05, 0) is 13.8 Å². The van der Waals surface area contributed by atoms with Crippen molar-refractivity contribution in [1.82, 2.24) is 0 Å². The summed E-state index contributed by atoms with van der Waals surface area (Å²) in [4.78, 5) is 11.4. The molecule has 0 saturated carbocycles. The Labute approximate surface area is 86.7 Å². The maximum atomic E-state index is 11.4. The van der Waals surface area contributed by atoms with Crippen LogP contribution in [0.5, 0.6) is 0 Å². The molecule has 0 aromatic carbocycles. The van der Waals surface area contributed by atoms with Crippen LogP contribution in [0.25, 0.3) is 0 Å². The number of carbonyl (C=O) groups excluding carboxylic acids is 1. The molecular formula is C9H14O6. The van der Waals surface area contributed by atoms with E-state index in [1.807, 2.05) is 0 Å². The summed E-state index contributed by atoms with van der Waals surface area (Å²) < 4.78 is 15.6. The minimum Gasteiger partial charge on any atom is -0.455 e. The Hall–Kier alpha value is -0.690. The monoisotopic (exact) mass is 218 g/mol. The maximum Gasteiger partial charge on any atom is 0.338 e. The molecule has 0 bridgehead atoms. The SMILES string of the molecule is CC1(C)O[C@@H]2C(C(O)CO)OC(=O)[C@@H]2O1. The lowest BCUT2D eigenvalue weighted by atomic mass is 10.1. The summed E-state index contributed by atoms with van der Waals surface area (Å²) in [5, 5.41) is 18.2. The van der Waals surface area contributed by atoms with E-state index in [4.69, 9.17) is 19.3 Å². The quantitative estimate of drug-likeness (QED) is 0.565. The van der Waals surface area contributed by atoms with Gasteiger partial charge in [-0.15, -0.1) is 0 Å². The van der Waals surface area contributed by atoms with Crippen molar-refractivity contribution in [2.24, 2.45) is 0 Å². The number of hydrogen-bond acceptors (Lipinski definition) is 6. The Kier molecular flexibility index (Phi) is 2.46. The van der Waals surface area contributed by atoms with Crippen molar-refractivity contribution in [3.8, 4) is 0 Å². The molecule has 2 saturated heterocycles. The Morgan fingerprint density at radius 2 is 2.13 bits per heavy atom. The van der Waals surface area contributed by atoms with E-state index in [9.17, 15) is 9.90 Å². The van der Waals surface area contributed by atoms with Crippen LogP contribution in [0, 0.1) is 0 Å². The lowest BCUT2D eigenvalue weighted by Crippen LogP contribution is -2.40. The van der Waals surface area contributed by atoms with E-state index in [0.717, 1.165) is 0 Å². The summed E-state index contributed by atoms with van der Waals surface area (Å²) in [6.07, 6.45) is -3.43. The van der Waals surface area contributed by atoms with Crippen molar-refractivity contribution in [2.75, 3.05) is 6.61 Å². The van der Waals surface area contributed by atoms with Gasteiger partial charge in [0.1, 0.15) is 12.2 Å². The minimum atomic E-state index is -1.14. The van der Waals surface area contributed by atoms with Gasteiger partial charge in [0.05, 0.1) is 6.61 Å².